The van der Waals surface area contributed by atoms with Crippen LogP contribution in [0.1, 0.15) is 32.6 Å². The Hall–Kier alpha value is -0.910. The molecule has 1 saturated carbocycles. The van der Waals surface area contributed by atoms with E-state index < -0.39 is 0 Å². The van der Waals surface area contributed by atoms with Crippen molar-refractivity contribution in [2.24, 2.45) is 5.92 Å². The molecule has 5 nitrogen and oxygen atoms in total. The zero-order valence-corrected chi connectivity index (χ0v) is 13.7. The molecule has 3 atom stereocenters. The zero-order chi connectivity index (χ0) is 15.2. The minimum Gasteiger partial charge on any atom is -0.377 e. The van der Waals surface area contributed by atoms with Gasteiger partial charge in [0.15, 0.2) is 0 Å². The van der Waals surface area contributed by atoms with Gasteiger partial charge in [-0.2, -0.15) is 5.10 Å². The molecule has 0 bridgehead atoms. The summed E-state index contributed by atoms with van der Waals surface area (Å²) in [6.45, 7) is 7.84. The van der Waals surface area contributed by atoms with Crippen LogP contribution in [0.4, 0.5) is 0 Å². The largest absolute Gasteiger partial charge is 0.377 e. The van der Waals surface area contributed by atoms with E-state index in [2.05, 4.69) is 16.9 Å². The summed E-state index contributed by atoms with van der Waals surface area (Å²) in [5.41, 5.74) is 0. The van der Waals surface area contributed by atoms with Crippen molar-refractivity contribution in [2.75, 3.05) is 32.8 Å². The van der Waals surface area contributed by atoms with Crippen molar-refractivity contribution < 1.29 is 9.47 Å². The lowest BCUT2D eigenvalue weighted by Crippen LogP contribution is -2.45. The SMILES string of the molecule is C[C@@H]1CCCC[C@H]1OCCN1CCO[C@@H](Cn2cccn2)C1. The van der Waals surface area contributed by atoms with Crippen LogP contribution in [0.25, 0.3) is 0 Å². The van der Waals surface area contributed by atoms with Gasteiger partial charge in [0, 0.05) is 32.0 Å². The van der Waals surface area contributed by atoms with Gasteiger partial charge in [0.25, 0.3) is 0 Å². The Morgan fingerprint density at radius 1 is 1.32 bits per heavy atom. The molecule has 0 N–H and O–H groups in total. The topological polar surface area (TPSA) is 39.5 Å². The van der Waals surface area contributed by atoms with E-state index in [0.717, 1.165) is 45.3 Å². The second-order valence-electron chi connectivity index (χ2n) is 6.69. The van der Waals surface area contributed by atoms with Crippen LogP contribution in [0.3, 0.4) is 0 Å². The van der Waals surface area contributed by atoms with Gasteiger partial charge in [0.1, 0.15) is 0 Å². The van der Waals surface area contributed by atoms with Crippen molar-refractivity contribution in [1.82, 2.24) is 14.7 Å². The first-order valence-corrected chi connectivity index (χ1v) is 8.74. The molecule has 5 heteroatoms. The Balaban J connectivity index is 1.37. The molecule has 2 aliphatic rings. The molecule has 1 aliphatic heterocycles. The van der Waals surface area contributed by atoms with Gasteiger partial charge < -0.3 is 9.47 Å². The van der Waals surface area contributed by atoms with Crippen molar-refractivity contribution in [3.05, 3.63) is 18.5 Å². The normalized spacial score (nSPS) is 30.5. The molecule has 0 unspecified atom stereocenters. The Kier molecular flexibility index (Phi) is 5.87. The third-order valence-corrected chi connectivity index (χ3v) is 4.95. The van der Waals surface area contributed by atoms with Crippen LogP contribution in [0.15, 0.2) is 18.5 Å². The Labute approximate surface area is 133 Å². The minimum atomic E-state index is 0.238. The molecular weight excluding hydrogens is 278 g/mol. The molecule has 0 radical (unpaired) electrons. The van der Waals surface area contributed by atoms with Gasteiger partial charge in [-0.15, -0.1) is 0 Å². The molecule has 3 rings (SSSR count). The van der Waals surface area contributed by atoms with E-state index in [1.165, 1.54) is 25.7 Å². The van der Waals surface area contributed by atoms with Gasteiger partial charge in [0.05, 0.1) is 32.0 Å². The van der Waals surface area contributed by atoms with Crippen molar-refractivity contribution in [2.45, 2.75) is 51.4 Å². The maximum Gasteiger partial charge on any atom is 0.0898 e. The third-order valence-electron chi connectivity index (χ3n) is 4.95. The summed E-state index contributed by atoms with van der Waals surface area (Å²) in [6.07, 6.45) is 9.81. The number of ether oxygens (including phenoxy) is 2. The van der Waals surface area contributed by atoms with E-state index in [0.29, 0.717) is 6.10 Å². The number of nitrogens with zero attached hydrogens (tertiary/aromatic N) is 3. The van der Waals surface area contributed by atoms with E-state index in [1.807, 2.05) is 23.1 Å². The summed E-state index contributed by atoms with van der Waals surface area (Å²) in [4.78, 5) is 2.46. The monoisotopic (exact) mass is 307 g/mol. The molecule has 22 heavy (non-hydrogen) atoms. The van der Waals surface area contributed by atoms with Crippen LogP contribution >= 0.6 is 0 Å². The molecule has 1 saturated heterocycles. The maximum atomic E-state index is 6.14. The van der Waals surface area contributed by atoms with Crippen molar-refractivity contribution in [3.8, 4) is 0 Å². The first kappa shape index (κ1) is 16.0. The Morgan fingerprint density at radius 3 is 3.05 bits per heavy atom. The van der Waals surface area contributed by atoms with Crippen molar-refractivity contribution in [3.63, 3.8) is 0 Å². The molecule has 2 fully saturated rings. The highest BCUT2D eigenvalue weighted by atomic mass is 16.5. The summed E-state index contributed by atoms with van der Waals surface area (Å²) < 4.78 is 13.9. The van der Waals surface area contributed by atoms with Crippen LogP contribution in [-0.4, -0.2) is 59.7 Å². The van der Waals surface area contributed by atoms with Gasteiger partial charge in [0.2, 0.25) is 0 Å². The van der Waals surface area contributed by atoms with Crippen LogP contribution in [0.5, 0.6) is 0 Å². The van der Waals surface area contributed by atoms with Crippen molar-refractivity contribution >= 4 is 0 Å². The number of morpholine rings is 1. The van der Waals surface area contributed by atoms with Crippen LogP contribution in [-0.2, 0) is 16.0 Å². The molecule has 1 aromatic rings. The molecular formula is C17H29N3O2. The quantitative estimate of drug-likeness (QED) is 0.807. The molecule has 0 aromatic carbocycles. The molecule has 0 spiro atoms. The van der Waals surface area contributed by atoms with Gasteiger partial charge in [-0.25, -0.2) is 0 Å². The zero-order valence-electron chi connectivity index (χ0n) is 13.7. The first-order valence-electron chi connectivity index (χ1n) is 8.74. The summed E-state index contributed by atoms with van der Waals surface area (Å²) in [5.74, 6) is 0.728. The second-order valence-corrected chi connectivity index (χ2v) is 6.69. The molecule has 1 aliphatic carbocycles. The van der Waals surface area contributed by atoms with E-state index >= 15 is 0 Å². The van der Waals surface area contributed by atoms with Gasteiger partial charge in [-0.1, -0.05) is 19.8 Å². The molecule has 124 valence electrons. The number of hydrogen-bond acceptors (Lipinski definition) is 4. The summed E-state index contributed by atoms with van der Waals surface area (Å²) in [5, 5.41) is 4.26. The lowest BCUT2D eigenvalue weighted by atomic mass is 9.88. The minimum absolute atomic E-state index is 0.238. The average Bonchev–Trinajstić information content (AvgIpc) is 3.03. The summed E-state index contributed by atoms with van der Waals surface area (Å²) in [6, 6.07) is 1.96. The van der Waals surface area contributed by atoms with Crippen LogP contribution < -0.4 is 0 Å². The van der Waals surface area contributed by atoms with Crippen LogP contribution in [0, 0.1) is 5.92 Å². The highest BCUT2D eigenvalue weighted by molar-refractivity contribution is 4.80. The lowest BCUT2D eigenvalue weighted by Gasteiger charge is -2.34. The molecule has 0 amide bonds. The fraction of sp³-hybridized carbons (Fsp3) is 0.824. The molecule has 2 heterocycles. The van der Waals surface area contributed by atoms with E-state index in [9.17, 15) is 0 Å². The maximum absolute atomic E-state index is 6.14. The fourth-order valence-electron chi connectivity index (χ4n) is 3.57. The van der Waals surface area contributed by atoms with E-state index in [1.54, 1.807) is 0 Å². The first-order chi connectivity index (χ1) is 10.8. The van der Waals surface area contributed by atoms with Gasteiger partial charge in [-0.05, 0) is 24.8 Å². The summed E-state index contributed by atoms with van der Waals surface area (Å²) >= 11 is 0. The second kappa shape index (κ2) is 8.09. The van der Waals surface area contributed by atoms with E-state index in [-0.39, 0.29) is 6.10 Å². The number of hydrogen-bond donors (Lipinski definition) is 0. The number of rotatable bonds is 6. The van der Waals surface area contributed by atoms with Crippen molar-refractivity contribution in [1.29, 1.82) is 0 Å². The number of aromatic nitrogens is 2. The Morgan fingerprint density at radius 2 is 2.23 bits per heavy atom. The lowest BCUT2D eigenvalue weighted by molar-refractivity contribution is -0.0576. The highest BCUT2D eigenvalue weighted by Gasteiger charge is 2.23. The summed E-state index contributed by atoms with van der Waals surface area (Å²) in [7, 11) is 0. The fourth-order valence-corrected chi connectivity index (χ4v) is 3.57. The standard InChI is InChI=1S/C17H29N3O2/c1-15-5-2-3-6-17(15)22-12-10-19-9-11-21-16(13-19)14-20-8-4-7-18-20/h4,7-8,15-17H,2-3,5-6,9-14H2,1H3/t15-,16-,17-/m1/s1. The van der Waals surface area contributed by atoms with E-state index in [4.69, 9.17) is 9.47 Å². The van der Waals surface area contributed by atoms with Crippen LogP contribution in [0.2, 0.25) is 0 Å². The van der Waals surface area contributed by atoms with Gasteiger partial charge in [-0.3, -0.25) is 9.58 Å². The molecule has 1 aromatic heterocycles. The highest BCUT2D eigenvalue weighted by Crippen LogP contribution is 2.26. The predicted octanol–water partition coefficient (Wildman–Crippen LogP) is 2.18. The van der Waals surface area contributed by atoms with Gasteiger partial charge >= 0.3 is 0 Å². The third kappa shape index (κ3) is 4.54. The smallest absolute Gasteiger partial charge is 0.0898 e. The Bertz CT molecular complexity index is 424. The average molecular weight is 307 g/mol. The predicted molar refractivity (Wildman–Crippen MR) is 85.8 cm³/mol.